The van der Waals surface area contributed by atoms with E-state index >= 15 is 0 Å². The summed E-state index contributed by atoms with van der Waals surface area (Å²) in [5, 5.41) is 10.4. The molecule has 30 heavy (non-hydrogen) atoms. The van der Waals surface area contributed by atoms with Gasteiger partial charge in [-0.1, -0.05) is 0 Å². The predicted octanol–water partition coefficient (Wildman–Crippen LogP) is 2.00. The van der Waals surface area contributed by atoms with Gasteiger partial charge in [0.1, 0.15) is 5.84 Å². The SMILES string of the molecule is COC(=O)[C@H]1CC[C@H](NC(=O)c2ccc(=O)n(-c3ccc(C(=N)N)cc3)c2)CC1.Cl. The van der Waals surface area contributed by atoms with E-state index < -0.39 is 0 Å². The molecule has 1 aliphatic carbocycles. The summed E-state index contributed by atoms with van der Waals surface area (Å²) in [5.74, 6) is -0.620. The minimum atomic E-state index is -0.268. The Labute approximate surface area is 180 Å². The van der Waals surface area contributed by atoms with Gasteiger partial charge in [0.05, 0.1) is 18.6 Å². The molecule has 0 radical (unpaired) electrons. The van der Waals surface area contributed by atoms with E-state index in [-0.39, 0.29) is 47.6 Å². The Kier molecular flexibility index (Phi) is 7.77. The number of nitrogens with zero attached hydrogens (tertiary/aromatic N) is 1. The van der Waals surface area contributed by atoms with Gasteiger partial charge in [0.2, 0.25) is 0 Å². The molecule has 1 heterocycles. The first kappa shape index (κ1) is 23.2. The molecule has 4 N–H and O–H groups in total. The molecule has 3 rings (SSSR count). The number of amides is 1. The zero-order valence-corrected chi connectivity index (χ0v) is 17.4. The normalized spacial score (nSPS) is 18.0. The number of nitrogens with two attached hydrogens (primary N) is 1. The van der Waals surface area contributed by atoms with Crippen LogP contribution in [0.1, 0.15) is 41.6 Å². The van der Waals surface area contributed by atoms with Crippen LogP contribution in [0.25, 0.3) is 5.69 Å². The van der Waals surface area contributed by atoms with Gasteiger partial charge < -0.3 is 15.8 Å². The van der Waals surface area contributed by atoms with Crippen molar-refractivity contribution in [3.8, 4) is 5.69 Å². The molecule has 0 atom stereocenters. The molecule has 9 heteroatoms. The third-order valence-corrected chi connectivity index (χ3v) is 5.23. The third kappa shape index (κ3) is 5.27. The molecule has 1 aromatic heterocycles. The number of halogens is 1. The van der Waals surface area contributed by atoms with Crippen molar-refractivity contribution in [2.24, 2.45) is 11.7 Å². The third-order valence-electron chi connectivity index (χ3n) is 5.23. The summed E-state index contributed by atoms with van der Waals surface area (Å²) in [6.07, 6.45) is 4.27. The van der Waals surface area contributed by atoms with Crippen LogP contribution in [-0.4, -0.2) is 35.4 Å². The molecule has 0 aliphatic heterocycles. The van der Waals surface area contributed by atoms with Crippen molar-refractivity contribution in [2.75, 3.05) is 7.11 Å². The summed E-state index contributed by atoms with van der Waals surface area (Å²) >= 11 is 0. The van der Waals surface area contributed by atoms with E-state index in [1.807, 2.05) is 0 Å². The summed E-state index contributed by atoms with van der Waals surface area (Å²) in [7, 11) is 1.39. The van der Waals surface area contributed by atoms with Crippen molar-refractivity contribution in [2.45, 2.75) is 31.7 Å². The van der Waals surface area contributed by atoms with Crippen molar-refractivity contribution in [3.05, 3.63) is 64.1 Å². The van der Waals surface area contributed by atoms with Gasteiger partial charge in [0, 0.05) is 29.6 Å². The molecule has 1 fully saturated rings. The van der Waals surface area contributed by atoms with Crippen LogP contribution in [0.3, 0.4) is 0 Å². The highest BCUT2D eigenvalue weighted by molar-refractivity contribution is 5.95. The lowest BCUT2D eigenvalue weighted by Crippen LogP contribution is -2.39. The van der Waals surface area contributed by atoms with E-state index in [9.17, 15) is 14.4 Å². The minimum Gasteiger partial charge on any atom is -0.469 e. The number of aromatic nitrogens is 1. The second-order valence-corrected chi connectivity index (χ2v) is 7.13. The zero-order valence-electron chi connectivity index (χ0n) is 16.6. The highest BCUT2D eigenvalue weighted by Gasteiger charge is 2.27. The topological polar surface area (TPSA) is 127 Å². The van der Waals surface area contributed by atoms with Crippen LogP contribution in [-0.2, 0) is 9.53 Å². The Hall–Kier alpha value is -3.13. The number of methoxy groups -OCH3 is 1. The molecule has 1 aromatic carbocycles. The van der Waals surface area contributed by atoms with Gasteiger partial charge in [0.15, 0.2) is 0 Å². The summed E-state index contributed by atoms with van der Waals surface area (Å²) in [6, 6.07) is 9.48. The maximum absolute atomic E-state index is 12.7. The molecule has 0 saturated heterocycles. The molecule has 2 aromatic rings. The number of benzene rings is 1. The largest absolute Gasteiger partial charge is 0.469 e. The number of pyridine rings is 1. The number of amidine groups is 1. The van der Waals surface area contributed by atoms with E-state index in [4.69, 9.17) is 15.9 Å². The maximum atomic E-state index is 12.7. The Morgan fingerprint density at radius 3 is 2.23 bits per heavy atom. The minimum absolute atomic E-state index is 0. The molecular weight excluding hydrogens is 408 g/mol. The van der Waals surface area contributed by atoms with E-state index in [1.54, 1.807) is 24.3 Å². The van der Waals surface area contributed by atoms with Crippen LogP contribution in [0.4, 0.5) is 0 Å². The second-order valence-electron chi connectivity index (χ2n) is 7.13. The van der Waals surface area contributed by atoms with Crippen LogP contribution in [0.2, 0.25) is 0 Å². The monoisotopic (exact) mass is 432 g/mol. The summed E-state index contributed by atoms with van der Waals surface area (Å²) in [5.41, 5.74) is 6.69. The fourth-order valence-corrected chi connectivity index (χ4v) is 3.53. The average Bonchev–Trinajstić information content (AvgIpc) is 2.74. The number of carbonyl (C=O) groups is 2. The quantitative estimate of drug-likeness (QED) is 0.378. The van der Waals surface area contributed by atoms with E-state index in [2.05, 4.69) is 5.32 Å². The lowest BCUT2D eigenvalue weighted by molar-refractivity contribution is -0.146. The van der Waals surface area contributed by atoms with Crippen LogP contribution in [0, 0.1) is 11.3 Å². The van der Waals surface area contributed by atoms with Gasteiger partial charge >= 0.3 is 5.97 Å². The average molecular weight is 433 g/mol. The Morgan fingerprint density at radius 2 is 1.67 bits per heavy atom. The number of rotatable bonds is 5. The molecule has 0 bridgehead atoms. The Bertz CT molecular complexity index is 979. The first-order chi connectivity index (χ1) is 13.9. The number of ether oxygens (including phenoxy) is 1. The van der Waals surface area contributed by atoms with E-state index in [0.29, 0.717) is 42.5 Å². The molecule has 0 unspecified atom stereocenters. The fraction of sp³-hybridized carbons (Fsp3) is 0.333. The van der Waals surface area contributed by atoms with Crippen molar-refractivity contribution in [3.63, 3.8) is 0 Å². The number of hydrogen-bond acceptors (Lipinski definition) is 5. The lowest BCUT2D eigenvalue weighted by Gasteiger charge is -2.27. The smallest absolute Gasteiger partial charge is 0.308 e. The summed E-state index contributed by atoms with van der Waals surface area (Å²) in [6.45, 7) is 0. The van der Waals surface area contributed by atoms with Gasteiger partial charge in [0.25, 0.3) is 11.5 Å². The number of nitrogens with one attached hydrogen (secondary N) is 2. The highest BCUT2D eigenvalue weighted by atomic mass is 35.5. The molecule has 8 nitrogen and oxygen atoms in total. The van der Waals surface area contributed by atoms with Crippen molar-refractivity contribution < 1.29 is 14.3 Å². The van der Waals surface area contributed by atoms with Crippen molar-refractivity contribution >= 4 is 30.1 Å². The maximum Gasteiger partial charge on any atom is 0.308 e. The predicted molar refractivity (Wildman–Crippen MR) is 116 cm³/mol. The fourth-order valence-electron chi connectivity index (χ4n) is 3.53. The number of carbonyl (C=O) groups excluding carboxylic acids is 2. The van der Waals surface area contributed by atoms with Gasteiger partial charge in [-0.15, -0.1) is 12.4 Å². The first-order valence-corrected chi connectivity index (χ1v) is 9.45. The van der Waals surface area contributed by atoms with Gasteiger partial charge in [-0.05, 0) is 56.0 Å². The number of esters is 1. The van der Waals surface area contributed by atoms with Crippen LogP contribution in [0.5, 0.6) is 0 Å². The molecule has 1 aliphatic rings. The second kappa shape index (κ2) is 10.1. The van der Waals surface area contributed by atoms with Gasteiger partial charge in [-0.2, -0.15) is 0 Å². The standard InChI is InChI=1S/C21H24N4O4.ClH/c1-29-21(28)14-2-7-16(8-3-14)24-20(27)15-6-11-18(26)25(12-15)17-9-4-13(5-10-17)19(22)23;/h4-6,9-12,14,16H,2-3,7-8H2,1H3,(H3,22,23)(H,24,27);1H/t14-,16-;. The van der Waals surface area contributed by atoms with Crippen LogP contribution < -0.4 is 16.6 Å². The van der Waals surface area contributed by atoms with Crippen LogP contribution in [0.15, 0.2) is 47.4 Å². The molecule has 160 valence electrons. The zero-order chi connectivity index (χ0) is 21.0. The van der Waals surface area contributed by atoms with E-state index in [0.717, 1.165) is 0 Å². The van der Waals surface area contributed by atoms with Crippen molar-refractivity contribution in [1.29, 1.82) is 5.41 Å². The molecule has 0 spiro atoms. The number of nitrogen functional groups attached to an aromatic ring is 1. The summed E-state index contributed by atoms with van der Waals surface area (Å²) < 4.78 is 6.17. The van der Waals surface area contributed by atoms with Gasteiger partial charge in [-0.25, -0.2) is 0 Å². The number of hydrogen-bond donors (Lipinski definition) is 3. The highest BCUT2D eigenvalue weighted by Crippen LogP contribution is 2.25. The molecule has 1 amide bonds. The molecule has 1 saturated carbocycles. The van der Waals surface area contributed by atoms with E-state index in [1.165, 1.54) is 30.0 Å². The Balaban J connectivity index is 0.00000320. The Morgan fingerprint density at radius 1 is 1.07 bits per heavy atom. The van der Waals surface area contributed by atoms with Crippen molar-refractivity contribution in [1.82, 2.24) is 9.88 Å². The summed E-state index contributed by atoms with van der Waals surface area (Å²) in [4.78, 5) is 36.5. The van der Waals surface area contributed by atoms with Gasteiger partial charge in [-0.3, -0.25) is 24.4 Å². The lowest BCUT2D eigenvalue weighted by atomic mass is 9.86. The van der Waals surface area contributed by atoms with Crippen LogP contribution >= 0.6 is 12.4 Å². The first-order valence-electron chi connectivity index (χ1n) is 9.45. The molecular formula is C21H25ClN4O4.